The molecule has 0 amide bonds. The van der Waals surface area contributed by atoms with Crippen LogP contribution in [0.3, 0.4) is 0 Å². The highest BCUT2D eigenvalue weighted by atomic mass is 16.5. The maximum Gasteiger partial charge on any atom is 0.216 e. The Morgan fingerprint density at radius 3 is 2.88 bits per heavy atom. The number of pyridine rings is 1. The number of benzene rings is 1. The summed E-state index contributed by atoms with van der Waals surface area (Å²) in [6.07, 6.45) is 1.56. The van der Waals surface area contributed by atoms with Crippen molar-refractivity contribution in [1.82, 2.24) is 4.98 Å². The van der Waals surface area contributed by atoms with Crippen LogP contribution >= 0.6 is 0 Å². The molecule has 2 rings (SSSR count). The number of phenolic OH excluding ortho intramolecular Hbond substituents is 1. The van der Waals surface area contributed by atoms with E-state index in [1.807, 2.05) is 0 Å². The van der Waals surface area contributed by atoms with E-state index < -0.39 is 0 Å². The first-order chi connectivity index (χ1) is 8.20. The molecule has 0 saturated carbocycles. The Bertz CT molecular complexity index is 529. The molecular weight excluding hydrogens is 220 g/mol. The first kappa shape index (κ1) is 11.1. The first-order valence-electron chi connectivity index (χ1n) is 4.96. The van der Waals surface area contributed by atoms with Gasteiger partial charge in [0.1, 0.15) is 17.2 Å². The monoisotopic (exact) mass is 232 g/mol. The molecule has 0 atom stereocenters. The van der Waals surface area contributed by atoms with Crippen molar-refractivity contribution in [2.24, 2.45) is 0 Å². The zero-order valence-corrected chi connectivity index (χ0v) is 9.25. The second-order valence-electron chi connectivity index (χ2n) is 3.32. The molecule has 1 aromatic carbocycles. The fourth-order valence-corrected chi connectivity index (χ4v) is 1.31. The molecule has 0 aliphatic heterocycles. The normalized spacial score (nSPS) is 9.94. The SMILES string of the molecule is COc1cc(Oc2cccc(O)c2N)ccn1. The number of hydrogen-bond acceptors (Lipinski definition) is 5. The van der Waals surface area contributed by atoms with Crippen molar-refractivity contribution < 1.29 is 14.6 Å². The molecule has 1 aromatic heterocycles. The van der Waals surface area contributed by atoms with Gasteiger partial charge in [0.15, 0.2) is 5.75 Å². The highest BCUT2D eigenvalue weighted by Gasteiger charge is 2.06. The first-order valence-corrected chi connectivity index (χ1v) is 4.96. The van der Waals surface area contributed by atoms with Crippen LogP contribution in [0.1, 0.15) is 0 Å². The van der Waals surface area contributed by atoms with Gasteiger partial charge in [-0.25, -0.2) is 4.98 Å². The van der Waals surface area contributed by atoms with Crippen LogP contribution in [0.25, 0.3) is 0 Å². The molecule has 0 spiro atoms. The van der Waals surface area contributed by atoms with Gasteiger partial charge in [0.25, 0.3) is 0 Å². The van der Waals surface area contributed by atoms with E-state index in [1.54, 1.807) is 30.5 Å². The number of nitrogens with two attached hydrogens (primary N) is 1. The highest BCUT2D eigenvalue weighted by Crippen LogP contribution is 2.33. The lowest BCUT2D eigenvalue weighted by molar-refractivity contribution is 0.392. The van der Waals surface area contributed by atoms with Gasteiger partial charge < -0.3 is 20.3 Å². The van der Waals surface area contributed by atoms with Crippen LogP contribution < -0.4 is 15.2 Å². The minimum atomic E-state index is -0.0106. The Morgan fingerprint density at radius 1 is 1.29 bits per heavy atom. The number of aromatic nitrogens is 1. The van der Waals surface area contributed by atoms with Gasteiger partial charge in [-0.2, -0.15) is 0 Å². The van der Waals surface area contributed by atoms with E-state index in [4.69, 9.17) is 15.2 Å². The van der Waals surface area contributed by atoms with Crippen LogP contribution in [0.15, 0.2) is 36.5 Å². The number of rotatable bonds is 3. The van der Waals surface area contributed by atoms with Crippen LogP contribution in [0.5, 0.6) is 23.1 Å². The maximum atomic E-state index is 9.44. The van der Waals surface area contributed by atoms with Crippen molar-refractivity contribution in [3.8, 4) is 23.1 Å². The van der Waals surface area contributed by atoms with Gasteiger partial charge in [-0.1, -0.05) is 6.07 Å². The fraction of sp³-hybridized carbons (Fsp3) is 0.0833. The molecule has 88 valence electrons. The van der Waals surface area contributed by atoms with Gasteiger partial charge >= 0.3 is 0 Å². The average molecular weight is 232 g/mol. The number of anilines is 1. The van der Waals surface area contributed by atoms with E-state index in [9.17, 15) is 5.11 Å². The van der Waals surface area contributed by atoms with Gasteiger partial charge in [0, 0.05) is 12.3 Å². The van der Waals surface area contributed by atoms with Gasteiger partial charge in [0.2, 0.25) is 5.88 Å². The summed E-state index contributed by atoms with van der Waals surface area (Å²) in [5, 5.41) is 9.44. The van der Waals surface area contributed by atoms with E-state index >= 15 is 0 Å². The van der Waals surface area contributed by atoms with Crippen LogP contribution in [0, 0.1) is 0 Å². The van der Waals surface area contributed by atoms with Crippen molar-refractivity contribution in [3.63, 3.8) is 0 Å². The van der Waals surface area contributed by atoms with Crippen LogP contribution in [0.2, 0.25) is 0 Å². The summed E-state index contributed by atoms with van der Waals surface area (Å²) in [5.41, 5.74) is 5.88. The van der Waals surface area contributed by atoms with Gasteiger partial charge in [-0.05, 0) is 18.2 Å². The Balaban J connectivity index is 2.28. The standard InChI is InChI=1S/C12H12N2O3/c1-16-11-7-8(5-6-14-11)17-10-4-2-3-9(15)12(10)13/h2-7,15H,13H2,1H3. The number of nitrogens with zero attached hydrogens (tertiary/aromatic N) is 1. The van der Waals surface area contributed by atoms with Crippen molar-refractivity contribution in [2.45, 2.75) is 0 Å². The molecule has 0 aliphatic carbocycles. The lowest BCUT2D eigenvalue weighted by Gasteiger charge is -2.09. The minimum Gasteiger partial charge on any atom is -0.506 e. The number of ether oxygens (including phenoxy) is 2. The van der Waals surface area contributed by atoms with E-state index in [2.05, 4.69) is 4.98 Å². The summed E-state index contributed by atoms with van der Waals surface area (Å²) in [5.74, 6) is 1.36. The number of methoxy groups -OCH3 is 1. The lowest BCUT2D eigenvalue weighted by Crippen LogP contribution is -1.93. The van der Waals surface area contributed by atoms with Crippen LogP contribution in [-0.4, -0.2) is 17.2 Å². The van der Waals surface area contributed by atoms with Gasteiger partial charge in [-0.15, -0.1) is 0 Å². The summed E-state index contributed by atoms with van der Waals surface area (Å²) >= 11 is 0. The molecule has 0 fully saturated rings. The third-order valence-corrected chi connectivity index (χ3v) is 2.19. The molecule has 1 heterocycles. The van der Waals surface area contributed by atoms with E-state index in [0.29, 0.717) is 17.4 Å². The molecule has 3 N–H and O–H groups in total. The van der Waals surface area contributed by atoms with E-state index in [-0.39, 0.29) is 11.4 Å². The number of hydrogen-bond donors (Lipinski definition) is 2. The van der Waals surface area contributed by atoms with Crippen molar-refractivity contribution in [2.75, 3.05) is 12.8 Å². The van der Waals surface area contributed by atoms with Crippen LogP contribution in [-0.2, 0) is 0 Å². The Morgan fingerprint density at radius 2 is 2.12 bits per heavy atom. The quantitative estimate of drug-likeness (QED) is 0.626. The fourth-order valence-electron chi connectivity index (χ4n) is 1.31. The van der Waals surface area contributed by atoms with Gasteiger partial charge in [0.05, 0.1) is 7.11 Å². The summed E-state index contributed by atoms with van der Waals surface area (Å²) < 4.78 is 10.5. The molecule has 0 radical (unpaired) electrons. The largest absolute Gasteiger partial charge is 0.506 e. The molecule has 17 heavy (non-hydrogen) atoms. The van der Waals surface area contributed by atoms with Crippen LogP contribution in [0.4, 0.5) is 5.69 Å². The second-order valence-corrected chi connectivity index (χ2v) is 3.32. The maximum absolute atomic E-state index is 9.44. The van der Waals surface area contributed by atoms with Crippen molar-refractivity contribution in [1.29, 1.82) is 0 Å². The number of para-hydroxylation sites is 1. The van der Waals surface area contributed by atoms with E-state index in [0.717, 1.165) is 0 Å². The average Bonchev–Trinajstić information content (AvgIpc) is 2.35. The Kier molecular flexibility index (Phi) is 3.00. The molecular formula is C12H12N2O3. The third kappa shape index (κ3) is 2.39. The summed E-state index contributed by atoms with van der Waals surface area (Å²) in [4.78, 5) is 3.96. The molecule has 0 unspecified atom stereocenters. The Hall–Kier alpha value is -2.43. The summed E-state index contributed by atoms with van der Waals surface area (Å²) in [6.45, 7) is 0. The molecule has 0 saturated heterocycles. The lowest BCUT2D eigenvalue weighted by atomic mass is 10.3. The number of aromatic hydroxyl groups is 1. The molecule has 5 heteroatoms. The highest BCUT2D eigenvalue weighted by molar-refractivity contribution is 5.62. The molecule has 2 aromatic rings. The summed E-state index contributed by atoms with van der Waals surface area (Å²) in [7, 11) is 1.52. The zero-order chi connectivity index (χ0) is 12.3. The molecule has 0 aliphatic rings. The molecule has 5 nitrogen and oxygen atoms in total. The minimum absolute atomic E-state index is 0.0106. The number of nitrogen functional groups attached to an aromatic ring is 1. The van der Waals surface area contributed by atoms with Gasteiger partial charge in [-0.3, -0.25) is 0 Å². The molecule has 0 bridgehead atoms. The van der Waals surface area contributed by atoms with Crippen molar-refractivity contribution >= 4 is 5.69 Å². The van der Waals surface area contributed by atoms with Crippen molar-refractivity contribution in [3.05, 3.63) is 36.5 Å². The van der Waals surface area contributed by atoms with E-state index in [1.165, 1.54) is 13.2 Å². The smallest absolute Gasteiger partial charge is 0.216 e. The third-order valence-electron chi connectivity index (χ3n) is 2.19. The zero-order valence-electron chi connectivity index (χ0n) is 9.25. The second kappa shape index (κ2) is 4.61. The Labute approximate surface area is 98.4 Å². The summed E-state index contributed by atoms with van der Waals surface area (Å²) in [6, 6.07) is 8.12. The predicted octanol–water partition coefficient (Wildman–Crippen LogP) is 2.17. The number of phenols is 1. The predicted molar refractivity (Wildman–Crippen MR) is 63.4 cm³/mol. The topological polar surface area (TPSA) is 77.6 Å².